The van der Waals surface area contributed by atoms with Crippen LogP contribution in [0.15, 0.2) is 48.8 Å². The second kappa shape index (κ2) is 8.58. The Kier molecular flexibility index (Phi) is 5.83. The van der Waals surface area contributed by atoms with Gasteiger partial charge in [-0.25, -0.2) is 4.21 Å². The molecule has 0 aliphatic rings. The Labute approximate surface area is 184 Å². The van der Waals surface area contributed by atoms with Gasteiger partial charge in [-0.05, 0) is 48.2 Å². The summed E-state index contributed by atoms with van der Waals surface area (Å²) in [5.74, 6) is 0.193. The fourth-order valence-electron chi connectivity index (χ4n) is 3.70. The molecule has 0 unspecified atom stereocenters. The van der Waals surface area contributed by atoms with E-state index in [1.165, 1.54) is 12.1 Å². The van der Waals surface area contributed by atoms with E-state index in [0.717, 1.165) is 10.8 Å². The van der Waals surface area contributed by atoms with E-state index in [0.29, 0.717) is 22.2 Å². The van der Waals surface area contributed by atoms with E-state index in [9.17, 15) is 24.0 Å². The first-order chi connectivity index (χ1) is 15.2. The summed E-state index contributed by atoms with van der Waals surface area (Å²) in [5.41, 5.74) is 14.7. The number of carbonyl (C=O) groups is 2. The summed E-state index contributed by atoms with van der Waals surface area (Å²) in [6.07, 6.45) is 3.46. The molecule has 9 nitrogen and oxygen atoms in total. The number of aromatic amines is 2. The first kappa shape index (κ1) is 21.8. The zero-order chi connectivity index (χ0) is 23.0. The Morgan fingerprint density at radius 2 is 1.22 bits per heavy atom. The summed E-state index contributed by atoms with van der Waals surface area (Å²) in [5, 5.41) is 18.9. The maximum Gasteiger partial charge on any atom is 0.243 e. The first-order valence-corrected chi connectivity index (χ1v) is 11.0. The van der Waals surface area contributed by atoms with Gasteiger partial charge in [-0.15, -0.1) is 0 Å². The normalized spacial score (nSPS) is 13.6. The molecular formula is C22H22N4O5S. The van der Waals surface area contributed by atoms with E-state index in [2.05, 4.69) is 9.97 Å². The molecule has 166 valence electrons. The van der Waals surface area contributed by atoms with Crippen LogP contribution in [0.4, 0.5) is 0 Å². The number of phenols is 2. The second-order valence-corrected chi connectivity index (χ2v) is 8.96. The summed E-state index contributed by atoms with van der Waals surface area (Å²) in [6, 6.07) is 7.17. The monoisotopic (exact) mass is 454 g/mol. The molecule has 4 rings (SSSR count). The first-order valence-electron chi connectivity index (χ1n) is 9.83. The lowest BCUT2D eigenvalue weighted by Gasteiger charge is -2.12. The number of nitrogens with two attached hydrogens (primary N) is 2. The van der Waals surface area contributed by atoms with E-state index in [1.54, 1.807) is 36.7 Å². The Hall–Kier alpha value is -3.47. The van der Waals surface area contributed by atoms with E-state index in [-0.39, 0.29) is 24.3 Å². The highest BCUT2D eigenvalue weighted by Crippen LogP contribution is 2.25. The van der Waals surface area contributed by atoms with Crippen LogP contribution in [0, 0.1) is 0 Å². The summed E-state index contributed by atoms with van der Waals surface area (Å²) in [4.78, 5) is 31.1. The number of rotatable bonds is 6. The molecule has 4 aromatic rings. The van der Waals surface area contributed by atoms with Crippen LogP contribution in [0.1, 0.15) is 11.1 Å². The predicted molar refractivity (Wildman–Crippen MR) is 121 cm³/mol. The predicted octanol–water partition coefficient (Wildman–Crippen LogP) is 1.30. The van der Waals surface area contributed by atoms with Gasteiger partial charge in [0.05, 0.1) is 12.1 Å². The minimum atomic E-state index is -2.50. The Balaban J connectivity index is 1.43. The average molecular weight is 455 g/mol. The number of hydrogen-bond donors (Lipinski definition) is 6. The molecule has 0 aliphatic heterocycles. The van der Waals surface area contributed by atoms with Crippen LogP contribution in [0.5, 0.6) is 11.5 Å². The van der Waals surface area contributed by atoms with Crippen molar-refractivity contribution >= 4 is 42.8 Å². The molecule has 0 bridgehead atoms. The van der Waals surface area contributed by atoms with Gasteiger partial charge in [-0.2, -0.15) is 0 Å². The maximum atomic E-state index is 12.6. The Morgan fingerprint density at radius 1 is 0.812 bits per heavy atom. The van der Waals surface area contributed by atoms with Gasteiger partial charge >= 0.3 is 0 Å². The number of hydrogen-bond acceptors (Lipinski definition) is 7. The van der Waals surface area contributed by atoms with Crippen molar-refractivity contribution in [1.82, 2.24) is 9.97 Å². The number of benzene rings is 2. The molecule has 2 atom stereocenters. The van der Waals surface area contributed by atoms with Crippen molar-refractivity contribution in [3.05, 3.63) is 59.9 Å². The molecule has 0 spiro atoms. The van der Waals surface area contributed by atoms with Crippen LogP contribution in [0.2, 0.25) is 0 Å². The molecule has 8 N–H and O–H groups in total. The van der Waals surface area contributed by atoms with Gasteiger partial charge in [0.15, 0.2) is 10.8 Å². The number of fused-ring (bicyclic) bond motifs is 2. The summed E-state index contributed by atoms with van der Waals surface area (Å²) in [7, 11) is -2.50. The lowest BCUT2D eigenvalue weighted by Crippen LogP contribution is -2.43. The summed E-state index contributed by atoms with van der Waals surface area (Å²) in [6.45, 7) is 0. The fraction of sp³-hybridized carbons (Fsp3) is 0.182. The molecule has 10 heteroatoms. The molecule has 2 aromatic heterocycles. The van der Waals surface area contributed by atoms with Gasteiger partial charge in [0.2, 0.25) is 10.2 Å². The molecule has 0 amide bonds. The molecule has 0 aliphatic carbocycles. The van der Waals surface area contributed by atoms with Crippen LogP contribution < -0.4 is 11.5 Å². The highest BCUT2D eigenvalue weighted by Gasteiger charge is 2.31. The Bertz CT molecular complexity index is 1260. The van der Waals surface area contributed by atoms with Crippen molar-refractivity contribution in [2.24, 2.45) is 11.5 Å². The highest BCUT2D eigenvalue weighted by atomic mass is 32.2. The lowest BCUT2D eigenvalue weighted by atomic mass is 10.1. The minimum Gasteiger partial charge on any atom is -0.508 e. The molecule has 32 heavy (non-hydrogen) atoms. The molecular weight excluding hydrogens is 432 g/mol. The van der Waals surface area contributed by atoms with Gasteiger partial charge in [0.25, 0.3) is 0 Å². The molecule has 0 saturated carbocycles. The van der Waals surface area contributed by atoms with Crippen molar-refractivity contribution in [3.8, 4) is 11.5 Å². The van der Waals surface area contributed by atoms with E-state index < -0.39 is 33.1 Å². The van der Waals surface area contributed by atoms with Gasteiger partial charge in [0.1, 0.15) is 11.5 Å². The van der Waals surface area contributed by atoms with Crippen LogP contribution >= 0.6 is 0 Å². The second-order valence-electron chi connectivity index (χ2n) is 7.62. The van der Waals surface area contributed by atoms with Crippen LogP contribution in [-0.4, -0.2) is 46.7 Å². The summed E-state index contributed by atoms with van der Waals surface area (Å²) >= 11 is 0. The van der Waals surface area contributed by atoms with E-state index in [1.807, 2.05) is 0 Å². The quantitative estimate of drug-likeness (QED) is 0.254. The third-order valence-electron chi connectivity index (χ3n) is 5.35. The highest BCUT2D eigenvalue weighted by molar-refractivity contribution is 8.13. The van der Waals surface area contributed by atoms with Crippen molar-refractivity contribution in [2.45, 2.75) is 24.9 Å². The van der Waals surface area contributed by atoms with Crippen molar-refractivity contribution in [2.75, 3.05) is 0 Å². The molecule has 0 fully saturated rings. The zero-order valence-corrected chi connectivity index (χ0v) is 17.7. The Morgan fingerprint density at radius 3 is 1.62 bits per heavy atom. The molecule has 0 radical (unpaired) electrons. The molecule has 2 heterocycles. The third-order valence-corrected chi connectivity index (χ3v) is 6.69. The topological polar surface area (TPSA) is 175 Å². The fourth-order valence-corrected chi connectivity index (χ4v) is 4.62. The number of H-pyrrole nitrogens is 2. The lowest BCUT2D eigenvalue weighted by molar-refractivity contribution is -0.115. The zero-order valence-electron chi connectivity index (χ0n) is 16.9. The molecule has 2 aromatic carbocycles. The van der Waals surface area contributed by atoms with Gasteiger partial charge in [-0.3, -0.25) is 9.59 Å². The molecule has 0 saturated heterocycles. The number of carbonyl (C=O) groups excluding carboxylic acids is 2. The van der Waals surface area contributed by atoms with Crippen molar-refractivity contribution in [3.63, 3.8) is 0 Å². The van der Waals surface area contributed by atoms with E-state index >= 15 is 0 Å². The van der Waals surface area contributed by atoms with Gasteiger partial charge < -0.3 is 31.6 Å². The number of aromatic hydroxyl groups is 2. The van der Waals surface area contributed by atoms with Crippen LogP contribution in [0.3, 0.4) is 0 Å². The van der Waals surface area contributed by atoms with E-state index in [4.69, 9.17) is 11.5 Å². The van der Waals surface area contributed by atoms with Gasteiger partial charge in [-0.1, -0.05) is 0 Å². The van der Waals surface area contributed by atoms with Crippen LogP contribution in [0.25, 0.3) is 21.8 Å². The van der Waals surface area contributed by atoms with Crippen molar-refractivity contribution in [1.29, 1.82) is 0 Å². The summed E-state index contributed by atoms with van der Waals surface area (Å²) < 4.78 is 12.6. The number of phenolic OH excluding ortho intramolecular Hbond substituents is 2. The number of aromatic nitrogens is 2. The SMILES string of the molecule is N[C@@H](Cc1c[nH]c2cc(O)ccc12)C(=O)S(=O)C(=O)[C@@H](N)Cc1c[nH]c2cc(O)ccc12. The maximum absolute atomic E-state index is 12.6. The minimum absolute atomic E-state index is 0.0732. The van der Waals surface area contributed by atoms with Crippen molar-refractivity contribution < 1.29 is 24.0 Å². The van der Waals surface area contributed by atoms with Gasteiger partial charge in [0, 0.05) is 46.3 Å². The smallest absolute Gasteiger partial charge is 0.243 e. The number of nitrogens with one attached hydrogen (secondary N) is 2. The largest absolute Gasteiger partial charge is 0.508 e. The standard InChI is InChI=1S/C22H22N4O5S/c23-17(5-11-9-25-19-7-13(27)1-3-15(11)19)21(29)32(31)22(30)18(24)6-12-10-26-20-8-14(28)2-4-16(12)20/h1-4,7-10,17-18,25-28H,5-6,23-24H2/t17-,18-/m0/s1. The van der Waals surface area contributed by atoms with Crippen LogP contribution in [-0.2, 0) is 33.2 Å². The average Bonchev–Trinajstić information content (AvgIpc) is 3.35. The third kappa shape index (κ3) is 4.15.